The molecule has 0 saturated carbocycles. The van der Waals surface area contributed by atoms with Crippen molar-refractivity contribution in [3.63, 3.8) is 0 Å². The Morgan fingerprint density at radius 3 is 2.58 bits per heavy atom. The van der Waals surface area contributed by atoms with Crippen molar-refractivity contribution in [3.05, 3.63) is 62.9 Å². The lowest BCUT2D eigenvalue weighted by molar-refractivity contribution is 0.103. The molecule has 3 rings (SSSR count). The first kappa shape index (κ1) is 16.0. The van der Waals surface area contributed by atoms with Crippen LogP contribution in [0, 0.1) is 0 Å². The lowest BCUT2D eigenvalue weighted by Crippen LogP contribution is -2.13. The molecule has 0 atom stereocenters. The zero-order valence-corrected chi connectivity index (χ0v) is 14.0. The zero-order chi connectivity index (χ0) is 17.1. The first-order chi connectivity index (χ1) is 11.6. The molecule has 3 aromatic rings. The van der Waals surface area contributed by atoms with Gasteiger partial charge in [0.15, 0.2) is 0 Å². The molecule has 2 aromatic carbocycles. The second kappa shape index (κ2) is 6.72. The number of ether oxygens (including phenoxy) is 2. The molecule has 1 amide bonds. The van der Waals surface area contributed by atoms with Gasteiger partial charge in [-0.25, -0.2) is 0 Å². The van der Waals surface area contributed by atoms with Crippen molar-refractivity contribution in [1.82, 2.24) is 0 Å². The van der Waals surface area contributed by atoms with E-state index in [9.17, 15) is 9.59 Å². The van der Waals surface area contributed by atoms with Gasteiger partial charge in [-0.2, -0.15) is 0 Å². The largest absolute Gasteiger partial charge is 0.497 e. The van der Waals surface area contributed by atoms with Gasteiger partial charge in [0.05, 0.1) is 24.8 Å². The van der Waals surface area contributed by atoms with E-state index in [4.69, 9.17) is 9.47 Å². The predicted molar refractivity (Wildman–Crippen MR) is 95.6 cm³/mol. The van der Waals surface area contributed by atoms with Crippen LogP contribution in [0.2, 0.25) is 0 Å². The first-order valence-corrected chi connectivity index (χ1v) is 8.00. The average molecular weight is 341 g/mol. The standard InChI is InChI=1S/C18H15NO4S/c1-22-12-7-8-14(15(10-12)23-2)19-17(20)16-9-11-5-3-4-6-13(11)18(21)24-16/h3-10H,1-2H3,(H,19,20). The maximum absolute atomic E-state index is 12.5. The number of amides is 1. The number of carbonyl (C=O) groups is 1. The fourth-order valence-electron chi connectivity index (χ4n) is 2.33. The number of rotatable bonds is 4. The highest BCUT2D eigenvalue weighted by atomic mass is 32.1. The van der Waals surface area contributed by atoms with E-state index in [-0.39, 0.29) is 10.6 Å². The summed E-state index contributed by atoms with van der Waals surface area (Å²) in [7, 11) is 3.07. The van der Waals surface area contributed by atoms with Crippen molar-refractivity contribution in [3.8, 4) is 11.5 Å². The summed E-state index contributed by atoms with van der Waals surface area (Å²) in [4.78, 5) is 25.0. The van der Waals surface area contributed by atoms with Gasteiger partial charge in [-0.1, -0.05) is 29.5 Å². The van der Waals surface area contributed by atoms with E-state index in [0.717, 1.165) is 16.7 Å². The van der Waals surface area contributed by atoms with E-state index in [1.54, 1.807) is 43.5 Å². The van der Waals surface area contributed by atoms with Gasteiger partial charge in [0.25, 0.3) is 5.91 Å². The Hall–Kier alpha value is -2.86. The quantitative estimate of drug-likeness (QED) is 0.788. The molecule has 0 saturated heterocycles. The third kappa shape index (κ3) is 3.09. The summed E-state index contributed by atoms with van der Waals surface area (Å²) in [5, 5.41) is 4.13. The maximum atomic E-state index is 12.5. The third-order valence-electron chi connectivity index (χ3n) is 3.55. The molecule has 122 valence electrons. The second-order valence-corrected chi connectivity index (χ2v) is 6.02. The van der Waals surface area contributed by atoms with Crippen LogP contribution in [-0.4, -0.2) is 20.1 Å². The van der Waals surface area contributed by atoms with Gasteiger partial charge in [-0.3, -0.25) is 9.59 Å². The Kier molecular flexibility index (Phi) is 4.48. The molecule has 0 aliphatic heterocycles. The number of benzene rings is 2. The van der Waals surface area contributed by atoms with E-state index in [1.807, 2.05) is 12.1 Å². The number of nitrogens with one attached hydrogen (secondary N) is 1. The molecule has 1 heterocycles. The van der Waals surface area contributed by atoms with E-state index < -0.39 is 0 Å². The summed E-state index contributed by atoms with van der Waals surface area (Å²) in [6, 6.07) is 14.0. The highest BCUT2D eigenvalue weighted by molar-refractivity contribution is 7.12. The van der Waals surface area contributed by atoms with Crippen LogP contribution in [-0.2, 0) is 0 Å². The summed E-state index contributed by atoms with van der Waals surface area (Å²) in [5.74, 6) is 0.752. The fraction of sp³-hybridized carbons (Fsp3) is 0.111. The number of hydrogen-bond acceptors (Lipinski definition) is 5. The van der Waals surface area contributed by atoms with E-state index in [0.29, 0.717) is 27.4 Å². The summed E-state index contributed by atoms with van der Waals surface area (Å²) < 4.78 is 10.3. The number of anilines is 1. The molecule has 0 aliphatic carbocycles. The highest BCUT2D eigenvalue weighted by Gasteiger charge is 2.13. The molecular formula is C18H15NO4S. The lowest BCUT2D eigenvalue weighted by Gasteiger charge is -2.11. The van der Waals surface area contributed by atoms with Crippen LogP contribution < -0.4 is 19.5 Å². The predicted octanol–water partition coefficient (Wildman–Crippen LogP) is 3.53. The van der Waals surface area contributed by atoms with Crippen molar-refractivity contribution in [2.45, 2.75) is 0 Å². The maximum Gasteiger partial charge on any atom is 0.265 e. The van der Waals surface area contributed by atoms with Gasteiger partial charge < -0.3 is 14.8 Å². The molecule has 0 spiro atoms. The molecular weight excluding hydrogens is 326 g/mol. The van der Waals surface area contributed by atoms with E-state index >= 15 is 0 Å². The number of fused-ring (bicyclic) bond motifs is 1. The molecule has 6 heteroatoms. The molecule has 0 radical (unpaired) electrons. The van der Waals surface area contributed by atoms with E-state index in [2.05, 4.69) is 5.32 Å². The van der Waals surface area contributed by atoms with Crippen molar-refractivity contribution in [2.75, 3.05) is 19.5 Å². The molecule has 1 N–H and O–H groups in total. The third-order valence-corrected chi connectivity index (χ3v) is 4.48. The summed E-state index contributed by atoms with van der Waals surface area (Å²) in [5.41, 5.74) is 0.510. The van der Waals surface area contributed by atoms with Gasteiger partial charge in [0.2, 0.25) is 4.74 Å². The zero-order valence-electron chi connectivity index (χ0n) is 13.2. The molecule has 24 heavy (non-hydrogen) atoms. The van der Waals surface area contributed by atoms with Crippen LogP contribution in [0.5, 0.6) is 11.5 Å². The normalized spacial score (nSPS) is 10.4. The molecule has 0 unspecified atom stereocenters. The first-order valence-electron chi connectivity index (χ1n) is 7.18. The number of hydrogen-bond donors (Lipinski definition) is 1. The molecule has 0 bridgehead atoms. The summed E-state index contributed by atoms with van der Waals surface area (Å²) >= 11 is 0.922. The van der Waals surface area contributed by atoms with Crippen molar-refractivity contribution in [2.24, 2.45) is 0 Å². The highest BCUT2D eigenvalue weighted by Crippen LogP contribution is 2.29. The van der Waals surface area contributed by atoms with Crippen molar-refractivity contribution in [1.29, 1.82) is 0 Å². The minimum atomic E-state index is -0.355. The minimum absolute atomic E-state index is 0.139. The Balaban J connectivity index is 1.94. The minimum Gasteiger partial charge on any atom is -0.497 e. The van der Waals surface area contributed by atoms with Crippen molar-refractivity contribution >= 4 is 33.7 Å². The SMILES string of the molecule is COc1ccc(NC(=O)c2cc3ccccc3c(=O)s2)c(OC)c1. The fourth-order valence-corrected chi connectivity index (χ4v) is 3.16. The topological polar surface area (TPSA) is 64.6 Å². The molecule has 0 aliphatic rings. The van der Waals surface area contributed by atoms with E-state index in [1.165, 1.54) is 7.11 Å². The lowest BCUT2D eigenvalue weighted by atomic mass is 10.2. The van der Waals surface area contributed by atoms with Crippen LogP contribution in [0.1, 0.15) is 9.67 Å². The molecule has 5 nitrogen and oxygen atoms in total. The van der Waals surface area contributed by atoms with Gasteiger partial charge in [0.1, 0.15) is 11.5 Å². The average Bonchev–Trinajstić information content (AvgIpc) is 2.62. The van der Waals surface area contributed by atoms with Crippen LogP contribution in [0.25, 0.3) is 10.8 Å². The van der Waals surface area contributed by atoms with Gasteiger partial charge in [-0.15, -0.1) is 0 Å². The summed E-state index contributed by atoms with van der Waals surface area (Å²) in [6.45, 7) is 0. The molecule has 1 aromatic heterocycles. The summed E-state index contributed by atoms with van der Waals surface area (Å²) in [6.07, 6.45) is 0. The number of methoxy groups -OCH3 is 2. The molecule has 0 fully saturated rings. The van der Waals surface area contributed by atoms with Gasteiger partial charge in [-0.05, 0) is 29.7 Å². The van der Waals surface area contributed by atoms with Crippen molar-refractivity contribution < 1.29 is 14.3 Å². The van der Waals surface area contributed by atoms with Crippen LogP contribution in [0.4, 0.5) is 5.69 Å². The van der Waals surface area contributed by atoms with Crippen LogP contribution in [0.3, 0.4) is 0 Å². The second-order valence-electron chi connectivity index (χ2n) is 5.01. The Bertz CT molecular complexity index is 965. The van der Waals surface area contributed by atoms with Crippen LogP contribution >= 0.6 is 11.3 Å². The Morgan fingerprint density at radius 1 is 1.04 bits per heavy atom. The Labute approximate surface area is 142 Å². The van der Waals surface area contributed by atoms with Crippen LogP contribution in [0.15, 0.2) is 53.3 Å². The smallest absolute Gasteiger partial charge is 0.265 e. The Morgan fingerprint density at radius 2 is 1.83 bits per heavy atom. The van der Waals surface area contributed by atoms with Gasteiger partial charge >= 0.3 is 0 Å². The number of carbonyl (C=O) groups excluding carboxylic acids is 1. The monoisotopic (exact) mass is 341 g/mol. The van der Waals surface area contributed by atoms with Gasteiger partial charge in [0, 0.05) is 11.5 Å².